The molecule has 0 saturated heterocycles. The Morgan fingerprint density at radius 3 is 2.41 bits per heavy atom. The number of halogens is 2. The maximum absolute atomic E-state index is 12.3. The van der Waals surface area contributed by atoms with Gasteiger partial charge in [0.15, 0.2) is 0 Å². The highest BCUT2D eigenvalue weighted by Crippen LogP contribution is 2.42. The molecular weight excluding hydrogens is 512 g/mol. The topological polar surface area (TPSA) is 130 Å². The first-order valence-corrected chi connectivity index (χ1v) is 10.6. The quantitative estimate of drug-likeness (QED) is 0.410. The summed E-state index contributed by atoms with van der Waals surface area (Å²) in [5, 5.41) is 27.4. The maximum atomic E-state index is 12.3. The molecule has 1 aromatic carbocycles. The number of fused-ring (bicyclic) bond motifs is 1. The largest absolute Gasteiger partial charge is 0.481 e. The number of aliphatic carboxylic acids is 2. The molecule has 10 heteroatoms. The minimum absolute atomic E-state index is 0.0353. The highest BCUT2D eigenvalue weighted by Gasteiger charge is 2.48. The van der Waals surface area contributed by atoms with Crippen LogP contribution in [0.5, 0.6) is 0 Å². The summed E-state index contributed by atoms with van der Waals surface area (Å²) >= 11 is 6.84. The van der Waals surface area contributed by atoms with Crippen LogP contribution in [0.1, 0.15) is 44.7 Å². The van der Waals surface area contributed by atoms with Crippen molar-refractivity contribution in [1.29, 1.82) is 0 Å². The van der Waals surface area contributed by atoms with Gasteiger partial charge in [-0.25, -0.2) is 0 Å². The van der Waals surface area contributed by atoms with Gasteiger partial charge in [-0.05, 0) is 62.8 Å². The standard InChI is InChI=1S/C19H22Br2N2O6/c1-4-12(17(25)26)19(5-2,18(27)28)7-10-6-13(20)15-14(16(21)23-22-15)11(10)8-29-9(3)24/h6,12H,4-5,7-8H2,1-3H3,(H,22,23)(H,25,26)(H,27,28)/t12?,19-/m1/s1. The third-order valence-corrected chi connectivity index (χ3v) is 6.47. The molecule has 2 atom stereocenters. The number of nitrogens with zero attached hydrogens (tertiary/aromatic N) is 1. The van der Waals surface area contributed by atoms with E-state index in [2.05, 4.69) is 42.1 Å². The lowest BCUT2D eigenvalue weighted by atomic mass is 9.67. The monoisotopic (exact) mass is 532 g/mol. The molecule has 1 heterocycles. The molecule has 0 saturated carbocycles. The van der Waals surface area contributed by atoms with Crippen LogP contribution in [0.25, 0.3) is 10.9 Å². The highest BCUT2D eigenvalue weighted by atomic mass is 79.9. The number of benzene rings is 1. The molecule has 2 rings (SSSR count). The molecule has 1 unspecified atom stereocenters. The van der Waals surface area contributed by atoms with Crippen LogP contribution in [0.3, 0.4) is 0 Å². The first kappa shape index (κ1) is 23.3. The number of H-pyrrole nitrogens is 1. The third-order valence-electron chi connectivity index (χ3n) is 5.29. The van der Waals surface area contributed by atoms with Crippen molar-refractivity contribution >= 4 is 60.7 Å². The van der Waals surface area contributed by atoms with Crippen LogP contribution < -0.4 is 0 Å². The van der Waals surface area contributed by atoms with E-state index in [1.54, 1.807) is 19.9 Å². The van der Waals surface area contributed by atoms with E-state index in [4.69, 9.17) is 4.74 Å². The fourth-order valence-electron chi connectivity index (χ4n) is 3.75. The Labute approximate surface area is 184 Å². The zero-order valence-electron chi connectivity index (χ0n) is 16.2. The number of carbonyl (C=O) groups excluding carboxylic acids is 1. The molecule has 0 bridgehead atoms. The molecular formula is C19H22Br2N2O6. The van der Waals surface area contributed by atoms with E-state index < -0.39 is 29.2 Å². The predicted molar refractivity (Wildman–Crippen MR) is 112 cm³/mol. The fraction of sp³-hybridized carbons (Fsp3) is 0.474. The van der Waals surface area contributed by atoms with E-state index in [1.807, 2.05) is 0 Å². The van der Waals surface area contributed by atoms with Crippen LogP contribution in [0.2, 0.25) is 0 Å². The second-order valence-electron chi connectivity index (χ2n) is 6.83. The Kier molecular flexibility index (Phi) is 7.45. The van der Waals surface area contributed by atoms with Crippen LogP contribution in [-0.4, -0.2) is 38.3 Å². The van der Waals surface area contributed by atoms with E-state index in [1.165, 1.54) is 6.92 Å². The molecule has 0 aliphatic heterocycles. The van der Waals surface area contributed by atoms with Crippen molar-refractivity contribution in [1.82, 2.24) is 10.2 Å². The molecule has 0 spiro atoms. The number of carboxylic acids is 2. The Bertz CT molecular complexity index is 958. The van der Waals surface area contributed by atoms with Gasteiger partial charge in [-0.3, -0.25) is 19.5 Å². The Morgan fingerprint density at radius 1 is 1.28 bits per heavy atom. The van der Waals surface area contributed by atoms with E-state index in [0.29, 0.717) is 31.1 Å². The molecule has 0 amide bonds. The molecule has 0 aliphatic carbocycles. The van der Waals surface area contributed by atoms with Crippen LogP contribution >= 0.6 is 31.9 Å². The molecule has 2 aromatic rings. The van der Waals surface area contributed by atoms with Gasteiger partial charge in [0.25, 0.3) is 0 Å². The van der Waals surface area contributed by atoms with Crippen LogP contribution in [0.4, 0.5) is 0 Å². The second-order valence-corrected chi connectivity index (χ2v) is 8.48. The van der Waals surface area contributed by atoms with Crippen molar-refractivity contribution in [3.8, 4) is 0 Å². The molecule has 29 heavy (non-hydrogen) atoms. The maximum Gasteiger partial charge on any atom is 0.310 e. The lowest BCUT2D eigenvalue weighted by molar-refractivity contribution is -0.163. The van der Waals surface area contributed by atoms with Crippen molar-refractivity contribution in [3.05, 3.63) is 26.3 Å². The average Bonchev–Trinajstić information content (AvgIpc) is 3.02. The summed E-state index contributed by atoms with van der Waals surface area (Å²) in [7, 11) is 0. The number of esters is 1. The second kappa shape index (κ2) is 9.25. The number of rotatable bonds is 9. The van der Waals surface area contributed by atoms with Crippen molar-refractivity contribution in [2.45, 2.75) is 46.6 Å². The summed E-state index contributed by atoms with van der Waals surface area (Å²) < 4.78 is 6.38. The van der Waals surface area contributed by atoms with Crippen molar-refractivity contribution in [2.75, 3.05) is 0 Å². The Morgan fingerprint density at radius 2 is 1.93 bits per heavy atom. The van der Waals surface area contributed by atoms with Gasteiger partial charge in [0.1, 0.15) is 16.7 Å². The number of hydrogen-bond donors (Lipinski definition) is 3. The number of ether oxygens (including phenoxy) is 1. The lowest BCUT2D eigenvalue weighted by Gasteiger charge is -2.34. The molecule has 0 radical (unpaired) electrons. The summed E-state index contributed by atoms with van der Waals surface area (Å²) in [4.78, 5) is 35.6. The van der Waals surface area contributed by atoms with Gasteiger partial charge in [-0.2, -0.15) is 5.10 Å². The van der Waals surface area contributed by atoms with Gasteiger partial charge in [0, 0.05) is 22.3 Å². The van der Waals surface area contributed by atoms with Gasteiger partial charge >= 0.3 is 17.9 Å². The van der Waals surface area contributed by atoms with Crippen molar-refractivity contribution < 1.29 is 29.3 Å². The van der Waals surface area contributed by atoms with E-state index in [0.717, 1.165) is 0 Å². The van der Waals surface area contributed by atoms with Gasteiger partial charge in [0.05, 0.1) is 11.3 Å². The first-order valence-electron chi connectivity index (χ1n) is 9.02. The summed E-state index contributed by atoms with van der Waals surface area (Å²) in [6.07, 6.45) is 0.266. The van der Waals surface area contributed by atoms with Crippen LogP contribution in [0, 0.1) is 11.3 Å². The number of aromatic amines is 1. The zero-order chi connectivity index (χ0) is 21.9. The molecule has 1 aromatic heterocycles. The molecule has 0 aliphatic rings. The van der Waals surface area contributed by atoms with E-state index in [9.17, 15) is 24.6 Å². The van der Waals surface area contributed by atoms with E-state index in [-0.39, 0.29) is 25.9 Å². The number of aromatic nitrogens is 2. The van der Waals surface area contributed by atoms with Crippen LogP contribution in [0.15, 0.2) is 15.1 Å². The highest BCUT2D eigenvalue weighted by molar-refractivity contribution is 9.11. The predicted octanol–water partition coefficient (Wildman–Crippen LogP) is 4.29. The van der Waals surface area contributed by atoms with Gasteiger partial charge in [-0.15, -0.1) is 0 Å². The smallest absolute Gasteiger partial charge is 0.310 e. The molecule has 3 N–H and O–H groups in total. The van der Waals surface area contributed by atoms with Gasteiger partial charge < -0.3 is 14.9 Å². The zero-order valence-corrected chi connectivity index (χ0v) is 19.4. The first-order chi connectivity index (χ1) is 13.6. The number of carboxylic acid groups (broad SMARTS) is 2. The SMILES string of the molecule is CCC(C(=O)O)[C@@](CC)(Cc1cc(Br)c2n[nH]c(Br)c2c1COC(C)=O)C(=O)O. The third kappa shape index (κ3) is 4.48. The Balaban J connectivity index is 2.73. The number of hydrogen-bond acceptors (Lipinski definition) is 5. The minimum atomic E-state index is -1.52. The summed E-state index contributed by atoms with van der Waals surface area (Å²) in [5.41, 5.74) is 0.231. The lowest BCUT2D eigenvalue weighted by Crippen LogP contribution is -2.44. The normalized spacial score (nSPS) is 14.4. The summed E-state index contributed by atoms with van der Waals surface area (Å²) in [6.45, 7) is 4.53. The minimum Gasteiger partial charge on any atom is -0.481 e. The Hall–Kier alpha value is -1.94. The molecule has 158 valence electrons. The molecule has 0 fully saturated rings. The van der Waals surface area contributed by atoms with Gasteiger partial charge in [-0.1, -0.05) is 13.8 Å². The van der Waals surface area contributed by atoms with E-state index >= 15 is 0 Å². The van der Waals surface area contributed by atoms with Gasteiger partial charge in [0.2, 0.25) is 0 Å². The average molecular weight is 534 g/mol. The number of carbonyl (C=O) groups is 3. The number of nitrogens with one attached hydrogen (secondary N) is 1. The van der Waals surface area contributed by atoms with Crippen molar-refractivity contribution in [2.24, 2.45) is 11.3 Å². The summed E-state index contributed by atoms with van der Waals surface area (Å²) in [5.74, 6) is -3.88. The summed E-state index contributed by atoms with van der Waals surface area (Å²) in [6, 6.07) is 1.72. The fourth-order valence-corrected chi connectivity index (χ4v) is 4.83. The van der Waals surface area contributed by atoms with Crippen LogP contribution in [-0.2, 0) is 32.1 Å². The van der Waals surface area contributed by atoms with Crippen molar-refractivity contribution in [3.63, 3.8) is 0 Å². The molecule has 8 nitrogen and oxygen atoms in total.